The van der Waals surface area contributed by atoms with Crippen LogP contribution in [0.5, 0.6) is 0 Å². The molecule has 0 spiro atoms. The van der Waals surface area contributed by atoms with E-state index in [1.807, 2.05) is 49.4 Å². The first-order valence-corrected chi connectivity index (χ1v) is 10.2. The van der Waals surface area contributed by atoms with Crippen LogP contribution < -0.4 is 0 Å². The minimum atomic E-state index is -0.711. The van der Waals surface area contributed by atoms with Gasteiger partial charge in [0.05, 0.1) is 5.60 Å². The SMILES string of the molecule is Cc1cccc(-c2ccncc2)c1C(O)N1CCC(O)(Cc2ccccc2)CC1. The second-order valence-corrected chi connectivity index (χ2v) is 8.07. The smallest absolute Gasteiger partial charge is 0.134 e. The summed E-state index contributed by atoms with van der Waals surface area (Å²) in [6, 6.07) is 20.2. The maximum Gasteiger partial charge on any atom is 0.134 e. The van der Waals surface area contributed by atoms with E-state index >= 15 is 0 Å². The molecule has 2 heterocycles. The van der Waals surface area contributed by atoms with Gasteiger partial charge in [0.2, 0.25) is 0 Å². The molecule has 29 heavy (non-hydrogen) atoms. The molecule has 4 nitrogen and oxygen atoms in total. The summed E-state index contributed by atoms with van der Waals surface area (Å²) >= 11 is 0. The lowest BCUT2D eigenvalue weighted by Crippen LogP contribution is -2.47. The molecule has 2 aromatic carbocycles. The zero-order valence-electron chi connectivity index (χ0n) is 16.8. The number of aromatic nitrogens is 1. The number of aliphatic hydroxyl groups excluding tert-OH is 1. The van der Waals surface area contributed by atoms with Gasteiger partial charge in [-0.05, 0) is 54.2 Å². The molecule has 4 rings (SSSR count). The van der Waals surface area contributed by atoms with Crippen LogP contribution in [-0.4, -0.2) is 38.8 Å². The first-order chi connectivity index (χ1) is 14.1. The van der Waals surface area contributed by atoms with Crippen LogP contribution in [0.15, 0.2) is 73.1 Å². The minimum Gasteiger partial charge on any atom is -0.389 e. The largest absolute Gasteiger partial charge is 0.389 e. The Morgan fingerprint density at radius 3 is 2.34 bits per heavy atom. The van der Waals surface area contributed by atoms with Gasteiger partial charge in [0.15, 0.2) is 0 Å². The second kappa shape index (κ2) is 8.46. The second-order valence-electron chi connectivity index (χ2n) is 8.07. The fourth-order valence-electron chi connectivity index (χ4n) is 4.33. The topological polar surface area (TPSA) is 56.6 Å². The minimum absolute atomic E-state index is 0.648. The number of hydrogen-bond acceptors (Lipinski definition) is 4. The molecule has 1 saturated heterocycles. The molecule has 1 atom stereocenters. The number of benzene rings is 2. The number of hydrogen-bond donors (Lipinski definition) is 2. The lowest BCUT2D eigenvalue weighted by Gasteiger charge is -2.41. The van der Waals surface area contributed by atoms with Crippen LogP contribution in [0.3, 0.4) is 0 Å². The fourth-order valence-corrected chi connectivity index (χ4v) is 4.33. The monoisotopic (exact) mass is 388 g/mol. The third-order valence-electron chi connectivity index (χ3n) is 6.02. The molecule has 0 bridgehead atoms. The molecule has 2 N–H and O–H groups in total. The van der Waals surface area contributed by atoms with Crippen molar-refractivity contribution < 1.29 is 10.2 Å². The number of pyridine rings is 1. The Morgan fingerprint density at radius 2 is 1.66 bits per heavy atom. The highest BCUT2D eigenvalue weighted by molar-refractivity contribution is 5.68. The Labute approximate surface area is 172 Å². The normalized spacial score (nSPS) is 17.8. The van der Waals surface area contributed by atoms with Crippen molar-refractivity contribution in [2.45, 2.75) is 38.0 Å². The van der Waals surface area contributed by atoms with E-state index < -0.39 is 11.8 Å². The van der Waals surface area contributed by atoms with E-state index in [2.05, 4.69) is 28.1 Å². The van der Waals surface area contributed by atoms with Gasteiger partial charge in [-0.3, -0.25) is 9.88 Å². The van der Waals surface area contributed by atoms with Crippen molar-refractivity contribution in [3.8, 4) is 11.1 Å². The van der Waals surface area contributed by atoms with E-state index in [0.29, 0.717) is 32.4 Å². The van der Waals surface area contributed by atoms with Crippen molar-refractivity contribution in [1.29, 1.82) is 0 Å². The molecular weight excluding hydrogens is 360 g/mol. The average Bonchev–Trinajstić information content (AvgIpc) is 2.75. The molecule has 0 amide bonds. The van der Waals surface area contributed by atoms with Crippen LogP contribution in [0.25, 0.3) is 11.1 Å². The molecule has 4 heteroatoms. The predicted molar refractivity (Wildman–Crippen MR) is 115 cm³/mol. The lowest BCUT2D eigenvalue weighted by molar-refractivity contribution is -0.0750. The van der Waals surface area contributed by atoms with E-state index in [4.69, 9.17) is 0 Å². The first-order valence-electron chi connectivity index (χ1n) is 10.2. The molecule has 1 unspecified atom stereocenters. The number of rotatable bonds is 5. The molecule has 1 aromatic heterocycles. The fraction of sp³-hybridized carbons (Fsp3) is 0.320. The third kappa shape index (κ3) is 4.40. The summed E-state index contributed by atoms with van der Waals surface area (Å²) in [7, 11) is 0. The number of piperidine rings is 1. The van der Waals surface area contributed by atoms with Crippen molar-refractivity contribution in [3.63, 3.8) is 0 Å². The standard InChI is InChI=1S/C25H28N2O2/c1-19-6-5-9-22(21-10-14-26-15-11-21)23(19)24(28)27-16-12-25(29,13-17-27)18-20-7-3-2-4-8-20/h2-11,14-15,24,28-29H,12-13,16-18H2,1H3. The van der Waals surface area contributed by atoms with Gasteiger partial charge in [0.1, 0.15) is 6.23 Å². The van der Waals surface area contributed by atoms with Crippen molar-refractivity contribution >= 4 is 0 Å². The molecule has 1 fully saturated rings. The molecule has 0 saturated carbocycles. The molecule has 1 aliphatic rings. The molecular formula is C25H28N2O2. The quantitative estimate of drug-likeness (QED) is 0.690. The number of nitrogens with zero attached hydrogens (tertiary/aromatic N) is 2. The van der Waals surface area contributed by atoms with Crippen LogP contribution in [-0.2, 0) is 6.42 Å². The van der Waals surface area contributed by atoms with Gasteiger partial charge in [0.25, 0.3) is 0 Å². The third-order valence-corrected chi connectivity index (χ3v) is 6.02. The molecule has 0 radical (unpaired) electrons. The van der Waals surface area contributed by atoms with E-state index in [0.717, 1.165) is 27.8 Å². The highest BCUT2D eigenvalue weighted by Crippen LogP contribution is 2.35. The maximum atomic E-state index is 11.3. The average molecular weight is 389 g/mol. The molecule has 3 aromatic rings. The van der Waals surface area contributed by atoms with Crippen LogP contribution in [0.1, 0.15) is 35.8 Å². The first kappa shape index (κ1) is 19.8. The van der Waals surface area contributed by atoms with Crippen molar-refractivity contribution in [2.24, 2.45) is 0 Å². The molecule has 0 aliphatic carbocycles. The van der Waals surface area contributed by atoms with Gasteiger partial charge in [-0.15, -0.1) is 0 Å². The van der Waals surface area contributed by atoms with Crippen LogP contribution in [0, 0.1) is 6.92 Å². The van der Waals surface area contributed by atoms with E-state index in [9.17, 15) is 10.2 Å². The number of aryl methyl sites for hydroxylation is 1. The number of likely N-dealkylation sites (tertiary alicyclic amines) is 1. The van der Waals surface area contributed by atoms with Gasteiger partial charge >= 0.3 is 0 Å². The Kier molecular flexibility index (Phi) is 5.76. The van der Waals surface area contributed by atoms with Crippen LogP contribution >= 0.6 is 0 Å². The van der Waals surface area contributed by atoms with Crippen LogP contribution in [0.4, 0.5) is 0 Å². The Balaban J connectivity index is 1.51. The zero-order valence-corrected chi connectivity index (χ0v) is 16.8. The number of aliphatic hydroxyl groups is 2. The van der Waals surface area contributed by atoms with Gasteiger partial charge in [-0.2, -0.15) is 0 Å². The summed E-state index contributed by atoms with van der Waals surface area (Å²) < 4.78 is 0. The summed E-state index contributed by atoms with van der Waals surface area (Å²) in [5.41, 5.74) is 4.53. The predicted octanol–water partition coefficient (Wildman–Crippen LogP) is 4.12. The Morgan fingerprint density at radius 1 is 0.966 bits per heavy atom. The lowest BCUT2D eigenvalue weighted by atomic mass is 9.84. The van der Waals surface area contributed by atoms with Gasteiger partial charge in [-0.25, -0.2) is 0 Å². The van der Waals surface area contributed by atoms with Gasteiger partial charge in [0, 0.05) is 37.5 Å². The highest BCUT2D eigenvalue weighted by Gasteiger charge is 2.35. The summed E-state index contributed by atoms with van der Waals surface area (Å²) in [5, 5.41) is 22.3. The van der Waals surface area contributed by atoms with Crippen molar-refractivity contribution in [2.75, 3.05) is 13.1 Å². The maximum absolute atomic E-state index is 11.3. The van der Waals surface area contributed by atoms with Crippen LogP contribution in [0.2, 0.25) is 0 Å². The van der Waals surface area contributed by atoms with Gasteiger partial charge in [-0.1, -0.05) is 48.5 Å². The van der Waals surface area contributed by atoms with E-state index in [-0.39, 0.29) is 0 Å². The zero-order chi connectivity index (χ0) is 20.3. The Bertz CT molecular complexity index is 936. The van der Waals surface area contributed by atoms with Crippen molar-refractivity contribution in [3.05, 3.63) is 89.7 Å². The van der Waals surface area contributed by atoms with Crippen molar-refractivity contribution in [1.82, 2.24) is 9.88 Å². The van der Waals surface area contributed by atoms with E-state index in [1.54, 1.807) is 12.4 Å². The summed E-state index contributed by atoms with van der Waals surface area (Å²) in [5.74, 6) is 0. The summed E-state index contributed by atoms with van der Waals surface area (Å²) in [4.78, 5) is 6.18. The Hall–Kier alpha value is -2.53. The summed E-state index contributed by atoms with van der Waals surface area (Å²) in [6.45, 7) is 3.36. The van der Waals surface area contributed by atoms with Gasteiger partial charge < -0.3 is 10.2 Å². The highest BCUT2D eigenvalue weighted by atomic mass is 16.3. The molecule has 150 valence electrons. The van der Waals surface area contributed by atoms with E-state index in [1.165, 1.54) is 0 Å². The molecule has 1 aliphatic heterocycles. The summed E-state index contributed by atoms with van der Waals surface area (Å²) in [6.07, 6.45) is 4.81.